The van der Waals surface area contributed by atoms with Gasteiger partial charge in [0.1, 0.15) is 0 Å². The first-order chi connectivity index (χ1) is 13.4. The van der Waals surface area contributed by atoms with Gasteiger partial charge in [-0.3, -0.25) is 4.79 Å². The van der Waals surface area contributed by atoms with Gasteiger partial charge in [-0.2, -0.15) is 0 Å². The van der Waals surface area contributed by atoms with Crippen LogP contribution < -0.4 is 11.1 Å². The number of nitrogens with two attached hydrogens (primary N) is 1. The van der Waals surface area contributed by atoms with Crippen molar-refractivity contribution in [2.24, 2.45) is 10.7 Å². The summed E-state index contributed by atoms with van der Waals surface area (Å²) in [5.74, 6) is -0.0369. The number of carbonyl (C=O) groups excluding carboxylic acids is 1. The van der Waals surface area contributed by atoms with Gasteiger partial charge in [0.15, 0.2) is 5.78 Å². The molecule has 0 saturated heterocycles. The van der Waals surface area contributed by atoms with Gasteiger partial charge in [0.2, 0.25) is 15.7 Å². The number of carbonyl (C=O) groups is 1. The van der Waals surface area contributed by atoms with Crippen molar-refractivity contribution in [3.05, 3.63) is 53.1 Å². The molecule has 1 heterocycles. The summed E-state index contributed by atoms with van der Waals surface area (Å²) in [6.07, 6.45) is 0.919. The lowest BCUT2D eigenvalue weighted by Crippen LogP contribution is -2.21. The molecule has 148 valence electrons. The molecule has 7 nitrogen and oxygen atoms in total. The smallest absolute Gasteiger partial charge is 0.215 e. The molecule has 1 aliphatic heterocycles. The standard InChI is InChI=1S/C20H23N3O4S/c1-3-9-22-14-5-7-17-16(12-14)19(24)15-6-4-13(11-18(15)28(17,25)26)20(27-2)23-10-8-21/h4-7,11-12,22H,3,8-10,21H2,1-2H3. The van der Waals surface area contributed by atoms with E-state index in [4.69, 9.17) is 10.5 Å². The number of methoxy groups -OCH3 is 1. The number of hydrogen-bond donors (Lipinski definition) is 2. The Morgan fingerprint density at radius 2 is 1.93 bits per heavy atom. The fourth-order valence-corrected chi connectivity index (χ4v) is 4.75. The maximum absolute atomic E-state index is 13.2. The van der Waals surface area contributed by atoms with Gasteiger partial charge in [-0.15, -0.1) is 0 Å². The minimum atomic E-state index is -3.84. The second-order valence-corrected chi connectivity index (χ2v) is 8.25. The maximum atomic E-state index is 13.2. The van der Waals surface area contributed by atoms with Gasteiger partial charge >= 0.3 is 0 Å². The molecule has 8 heteroatoms. The van der Waals surface area contributed by atoms with Crippen LogP contribution in [0, 0.1) is 0 Å². The highest BCUT2D eigenvalue weighted by Gasteiger charge is 2.35. The highest BCUT2D eigenvalue weighted by molar-refractivity contribution is 7.91. The topological polar surface area (TPSA) is 111 Å². The Labute approximate surface area is 164 Å². The molecule has 0 spiro atoms. The van der Waals surface area contributed by atoms with Gasteiger partial charge in [-0.1, -0.05) is 6.92 Å². The monoisotopic (exact) mass is 401 g/mol. The molecule has 0 aromatic heterocycles. The highest BCUT2D eigenvalue weighted by atomic mass is 32.2. The molecule has 0 fully saturated rings. The number of ketones is 1. The van der Waals surface area contributed by atoms with E-state index in [9.17, 15) is 13.2 Å². The molecular formula is C20H23N3O4S. The first-order valence-electron chi connectivity index (χ1n) is 9.04. The van der Waals surface area contributed by atoms with E-state index in [0.717, 1.165) is 18.7 Å². The van der Waals surface area contributed by atoms with Crippen LogP contribution in [0.2, 0.25) is 0 Å². The zero-order valence-corrected chi connectivity index (χ0v) is 16.7. The number of ether oxygens (including phenoxy) is 1. The van der Waals surface area contributed by atoms with E-state index in [0.29, 0.717) is 18.7 Å². The first kappa shape index (κ1) is 20.0. The normalized spacial score (nSPS) is 15.0. The van der Waals surface area contributed by atoms with Crippen molar-refractivity contribution >= 4 is 27.2 Å². The van der Waals surface area contributed by atoms with E-state index in [1.165, 1.54) is 25.3 Å². The third kappa shape index (κ3) is 3.53. The number of aliphatic imine (C=N–C) groups is 1. The van der Waals surface area contributed by atoms with E-state index < -0.39 is 9.84 Å². The Bertz CT molecular complexity index is 1050. The number of sulfone groups is 1. The first-order valence-corrected chi connectivity index (χ1v) is 10.5. The molecule has 0 aliphatic carbocycles. The van der Waals surface area contributed by atoms with Crippen molar-refractivity contribution in [1.29, 1.82) is 0 Å². The number of fused-ring (bicyclic) bond motifs is 2. The molecular weight excluding hydrogens is 378 g/mol. The zero-order valence-electron chi connectivity index (χ0n) is 15.9. The molecule has 3 rings (SSSR count). The molecule has 0 atom stereocenters. The van der Waals surface area contributed by atoms with Crippen molar-refractivity contribution < 1.29 is 17.9 Å². The minimum Gasteiger partial charge on any atom is -0.481 e. The van der Waals surface area contributed by atoms with Crippen LogP contribution in [0.3, 0.4) is 0 Å². The predicted molar refractivity (Wildman–Crippen MR) is 108 cm³/mol. The quantitative estimate of drug-likeness (QED) is 0.484. The molecule has 0 radical (unpaired) electrons. The SMILES string of the molecule is CCCNc1ccc2c(c1)C(=O)c1ccc(C(=NCCN)OC)cc1S2(=O)=O. The Morgan fingerprint density at radius 3 is 2.61 bits per heavy atom. The second kappa shape index (κ2) is 8.12. The number of nitrogens with zero attached hydrogens (tertiary/aromatic N) is 1. The van der Waals surface area contributed by atoms with Crippen molar-refractivity contribution in [2.45, 2.75) is 23.1 Å². The summed E-state index contributed by atoms with van der Waals surface area (Å²) in [4.78, 5) is 17.2. The van der Waals surface area contributed by atoms with Crippen LogP contribution in [0.1, 0.15) is 34.8 Å². The summed E-state index contributed by atoms with van der Waals surface area (Å²) in [6.45, 7) is 3.46. The van der Waals surface area contributed by atoms with Gasteiger partial charge in [-0.25, -0.2) is 13.4 Å². The van der Waals surface area contributed by atoms with Crippen LogP contribution in [0.15, 0.2) is 51.2 Å². The third-order valence-corrected chi connectivity index (χ3v) is 6.29. The van der Waals surface area contributed by atoms with Gasteiger partial charge in [-0.05, 0) is 42.8 Å². The van der Waals surface area contributed by atoms with E-state index >= 15 is 0 Å². The third-order valence-electron chi connectivity index (χ3n) is 4.43. The van der Waals surface area contributed by atoms with Gasteiger partial charge in [0.05, 0.1) is 23.4 Å². The van der Waals surface area contributed by atoms with Crippen molar-refractivity contribution in [2.75, 3.05) is 32.1 Å². The molecule has 3 N–H and O–H groups in total. The molecule has 0 bridgehead atoms. The lowest BCUT2D eigenvalue weighted by Gasteiger charge is -2.20. The van der Waals surface area contributed by atoms with Crippen LogP contribution in [0.25, 0.3) is 0 Å². The maximum Gasteiger partial charge on any atom is 0.215 e. The van der Waals surface area contributed by atoms with Gasteiger partial charge in [0.25, 0.3) is 0 Å². The van der Waals surface area contributed by atoms with E-state index in [1.54, 1.807) is 18.2 Å². The lowest BCUT2D eigenvalue weighted by molar-refractivity contribution is 0.103. The van der Waals surface area contributed by atoms with Crippen LogP contribution in [0.4, 0.5) is 5.69 Å². The number of anilines is 1. The fourth-order valence-electron chi connectivity index (χ4n) is 3.09. The minimum absolute atomic E-state index is 0.0158. The van der Waals surface area contributed by atoms with E-state index in [-0.39, 0.29) is 32.6 Å². The van der Waals surface area contributed by atoms with Gasteiger partial charge in [0, 0.05) is 35.5 Å². The number of nitrogens with one attached hydrogen (secondary N) is 1. The lowest BCUT2D eigenvalue weighted by atomic mass is 10.0. The molecule has 0 saturated carbocycles. The summed E-state index contributed by atoms with van der Waals surface area (Å²) in [6, 6.07) is 9.35. The summed E-state index contributed by atoms with van der Waals surface area (Å²) in [7, 11) is -2.39. The van der Waals surface area contributed by atoms with E-state index in [2.05, 4.69) is 10.3 Å². The van der Waals surface area contributed by atoms with E-state index in [1.807, 2.05) is 6.92 Å². The number of hydrogen-bond acceptors (Lipinski definition) is 7. The summed E-state index contributed by atoms with van der Waals surface area (Å²) in [5.41, 5.74) is 7.01. The summed E-state index contributed by atoms with van der Waals surface area (Å²) < 4.78 is 31.6. The Kier molecular flexibility index (Phi) is 5.81. The number of benzene rings is 2. The van der Waals surface area contributed by atoms with Crippen LogP contribution >= 0.6 is 0 Å². The summed E-state index contributed by atoms with van der Waals surface area (Å²) in [5, 5.41) is 3.18. The van der Waals surface area contributed by atoms with Crippen molar-refractivity contribution in [3.8, 4) is 0 Å². The van der Waals surface area contributed by atoms with Crippen molar-refractivity contribution in [3.63, 3.8) is 0 Å². The summed E-state index contributed by atoms with van der Waals surface area (Å²) >= 11 is 0. The molecule has 28 heavy (non-hydrogen) atoms. The zero-order chi connectivity index (χ0) is 20.3. The van der Waals surface area contributed by atoms with Gasteiger partial charge < -0.3 is 15.8 Å². The Morgan fingerprint density at radius 1 is 1.14 bits per heavy atom. The van der Waals surface area contributed by atoms with Crippen LogP contribution in [-0.4, -0.2) is 46.8 Å². The average molecular weight is 401 g/mol. The molecule has 1 aliphatic rings. The highest BCUT2D eigenvalue weighted by Crippen LogP contribution is 2.36. The van der Waals surface area contributed by atoms with Crippen LogP contribution in [0.5, 0.6) is 0 Å². The average Bonchev–Trinajstić information content (AvgIpc) is 2.71. The predicted octanol–water partition coefficient (Wildman–Crippen LogP) is 2.24. The molecule has 0 unspecified atom stereocenters. The van der Waals surface area contributed by atoms with Crippen LogP contribution in [-0.2, 0) is 14.6 Å². The Hall–Kier alpha value is -2.71. The largest absolute Gasteiger partial charge is 0.481 e. The Balaban J connectivity index is 2.11. The molecule has 0 amide bonds. The van der Waals surface area contributed by atoms with Crippen molar-refractivity contribution in [1.82, 2.24) is 0 Å². The second-order valence-electron chi connectivity index (χ2n) is 6.36. The molecule has 2 aromatic carbocycles. The fraction of sp³-hybridized carbons (Fsp3) is 0.300. The number of rotatable bonds is 6. The molecule has 2 aromatic rings.